The second-order valence-corrected chi connectivity index (χ2v) is 4.21. The maximum Gasteiger partial charge on any atom is 0.0627 e. The van der Waals surface area contributed by atoms with E-state index in [1.807, 2.05) is 12.1 Å². The molecule has 13 heavy (non-hydrogen) atoms. The molecule has 1 nitrogen and oxygen atoms in total. The van der Waals surface area contributed by atoms with Crippen molar-refractivity contribution in [2.45, 2.75) is 25.3 Å². The van der Waals surface area contributed by atoms with Gasteiger partial charge in [0.25, 0.3) is 0 Å². The highest BCUT2D eigenvalue weighted by Gasteiger charge is 2.19. The molecule has 0 bridgehead atoms. The first-order chi connectivity index (χ1) is 6.20. The minimum atomic E-state index is 0.138. The fourth-order valence-electron chi connectivity index (χ4n) is 1.86. The average molecular weight is 216 g/mol. The standard InChI is InChI=1S/C10H11Cl2N/c11-8-5-4-6-7(10(8)12)2-1-3-9(6)13/h4-5,9H,1-3,13H2/t9-/m1/s1. The highest BCUT2D eigenvalue weighted by molar-refractivity contribution is 6.42. The predicted molar refractivity (Wildman–Crippen MR) is 56.3 cm³/mol. The van der Waals surface area contributed by atoms with Crippen LogP contribution in [0.4, 0.5) is 0 Å². The normalized spacial score (nSPS) is 21.3. The molecule has 1 atom stereocenters. The van der Waals surface area contributed by atoms with Gasteiger partial charge in [0, 0.05) is 6.04 Å². The van der Waals surface area contributed by atoms with E-state index in [2.05, 4.69) is 0 Å². The molecule has 0 saturated carbocycles. The lowest BCUT2D eigenvalue weighted by Crippen LogP contribution is -2.17. The minimum absolute atomic E-state index is 0.138. The van der Waals surface area contributed by atoms with Gasteiger partial charge in [0.2, 0.25) is 0 Å². The van der Waals surface area contributed by atoms with Crippen LogP contribution in [0.3, 0.4) is 0 Å². The van der Waals surface area contributed by atoms with Crippen molar-refractivity contribution in [3.05, 3.63) is 33.3 Å². The number of halogens is 2. The Morgan fingerprint density at radius 1 is 1.31 bits per heavy atom. The Morgan fingerprint density at radius 3 is 2.85 bits per heavy atom. The third kappa shape index (κ3) is 1.56. The van der Waals surface area contributed by atoms with Gasteiger partial charge in [-0.25, -0.2) is 0 Å². The SMILES string of the molecule is N[C@@H]1CCCc2c1ccc(Cl)c2Cl. The molecule has 0 amide bonds. The van der Waals surface area contributed by atoms with Crippen LogP contribution in [-0.2, 0) is 6.42 Å². The van der Waals surface area contributed by atoms with Gasteiger partial charge in [-0.05, 0) is 36.5 Å². The number of benzene rings is 1. The smallest absolute Gasteiger partial charge is 0.0627 e. The molecular weight excluding hydrogens is 205 g/mol. The summed E-state index contributed by atoms with van der Waals surface area (Å²) in [5.74, 6) is 0. The van der Waals surface area contributed by atoms with Gasteiger partial charge in [0.15, 0.2) is 0 Å². The summed E-state index contributed by atoms with van der Waals surface area (Å²) in [6, 6.07) is 3.96. The number of hydrogen-bond donors (Lipinski definition) is 1. The first kappa shape index (κ1) is 9.32. The van der Waals surface area contributed by atoms with Gasteiger partial charge in [-0.15, -0.1) is 0 Å². The van der Waals surface area contributed by atoms with E-state index in [1.165, 1.54) is 5.56 Å². The van der Waals surface area contributed by atoms with Crippen molar-refractivity contribution < 1.29 is 0 Å². The zero-order chi connectivity index (χ0) is 9.42. The summed E-state index contributed by atoms with van der Waals surface area (Å²) in [5.41, 5.74) is 8.28. The summed E-state index contributed by atoms with van der Waals surface area (Å²) < 4.78 is 0. The van der Waals surface area contributed by atoms with Crippen LogP contribution in [0.5, 0.6) is 0 Å². The van der Waals surface area contributed by atoms with E-state index >= 15 is 0 Å². The predicted octanol–water partition coefficient (Wildman–Crippen LogP) is 3.33. The zero-order valence-corrected chi connectivity index (χ0v) is 8.70. The third-order valence-corrected chi connectivity index (χ3v) is 3.42. The molecule has 1 aromatic carbocycles. The van der Waals surface area contributed by atoms with Crippen molar-refractivity contribution in [2.75, 3.05) is 0 Å². The highest BCUT2D eigenvalue weighted by atomic mass is 35.5. The molecule has 0 heterocycles. The van der Waals surface area contributed by atoms with E-state index in [9.17, 15) is 0 Å². The lowest BCUT2D eigenvalue weighted by molar-refractivity contribution is 0.570. The molecule has 0 spiro atoms. The number of rotatable bonds is 0. The van der Waals surface area contributed by atoms with Crippen LogP contribution >= 0.6 is 23.2 Å². The van der Waals surface area contributed by atoms with Crippen LogP contribution in [-0.4, -0.2) is 0 Å². The maximum absolute atomic E-state index is 6.09. The van der Waals surface area contributed by atoms with Crippen LogP contribution in [0.15, 0.2) is 12.1 Å². The molecule has 2 rings (SSSR count). The first-order valence-corrected chi connectivity index (χ1v) is 5.18. The molecule has 0 unspecified atom stereocenters. The topological polar surface area (TPSA) is 26.0 Å². The Kier molecular flexibility index (Phi) is 2.50. The Hall–Kier alpha value is -0.240. The van der Waals surface area contributed by atoms with Crippen LogP contribution in [0.25, 0.3) is 0 Å². The second-order valence-electron chi connectivity index (χ2n) is 3.43. The quantitative estimate of drug-likeness (QED) is 0.707. The lowest BCUT2D eigenvalue weighted by atomic mass is 9.88. The summed E-state index contributed by atoms with van der Waals surface area (Å²) >= 11 is 12.0. The molecule has 1 aliphatic carbocycles. The largest absolute Gasteiger partial charge is 0.324 e. The molecule has 0 radical (unpaired) electrons. The van der Waals surface area contributed by atoms with E-state index in [4.69, 9.17) is 28.9 Å². The molecule has 0 saturated heterocycles. The van der Waals surface area contributed by atoms with Gasteiger partial charge in [-0.3, -0.25) is 0 Å². The molecule has 2 N–H and O–H groups in total. The van der Waals surface area contributed by atoms with Gasteiger partial charge in [-0.1, -0.05) is 29.3 Å². The van der Waals surface area contributed by atoms with E-state index in [1.54, 1.807) is 0 Å². The molecular formula is C10H11Cl2N. The van der Waals surface area contributed by atoms with Crippen LogP contribution < -0.4 is 5.73 Å². The fourth-order valence-corrected chi connectivity index (χ4v) is 2.31. The first-order valence-electron chi connectivity index (χ1n) is 4.42. The molecule has 0 aromatic heterocycles. The summed E-state index contributed by atoms with van der Waals surface area (Å²) in [6.07, 6.45) is 3.15. The molecule has 0 fully saturated rings. The molecule has 1 aliphatic rings. The third-order valence-electron chi connectivity index (χ3n) is 2.57. The van der Waals surface area contributed by atoms with Crippen LogP contribution in [0.1, 0.15) is 30.0 Å². The number of hydrogen-bond acceptors (Lipinski definition) is 1. The molecule has 3 heteroatoms. The van der Waals surface area contributed by atoms with Gasteiger partial charge in [0.1, 0.15) is 0 Å². The van der Waals surface area contributed by atoms with Crippen molar-refractivity contribution in [3.63, 3.8) is 0 Å². The van der Waals surface area contributed by atoms with E-state index in [0.29, 0.717) is 10.0 Å². The second kappa shape index (κ2) is 3.49. The zero-order valence-electron chi connectivity index (χ0n) is 7.19. The van der Waals surface area contributed by atoms with Crippen molar-refractivity contribution in [1.29, 1.82) is 0 Å². The van der Waals surface area contributed by atoms with Crippen molar-refractivity contribution >= 4 is 23.2 Å². The molecule has 0 aliphatic heterocycles. The Bertz CT molecular complexity index is 336. The number of nitrogens with two attached hydrogens (primary N) is 1. The summed E-state index contributed by atoms with van der Waals surface area (Å²) in [6.45, 7) is 0. The van der Waals surface area contributed by atoms with Crippen molar-refractivity contribution in [1.82, 2.24) is 0 Å². The highest BCUT2D eigenvalue weighted by Crippen LogP contribution is 2.36. The van der Waals surface area contributed by atoms with Crippen LogP contribution in [0, 0.1) is 0 Å². The Labute approximate surface area is 87.8 Å². The number of fused-ring (bicyclic) bond motifs is 1. The van der Waals surface area contributed by atoms with Gasteiger partial charge in [-0.2, -0.15) is 0 Å². The Balaban J connectivity index is 2.56. The summed E-state index contributed by atoms with van der Waals surface area (Å²) in [5, 5.41) is 1.32. The monoisotopic (exact) mass is 215 g/mol. The van der Waals surface area contributed by atoms with E-state index in [-0.39, 0.29) is 6.04 Å². The minimum Gasteiger partial charge on any atom is -0.324 e. The van der Waals surface area contributed by atoms with Gasteiger partial charge in [0.05, 0.1) is 10.0 Å². The van der Waals surface area contributed by atoms with Gasteiger partial charge < -0.3 is 5.73 Å². The maximum atomic E-state index is 6.09. The summed E-state index contributed by atoms with van der Waals surface area (Å²) in [7, 11) is 0. The molecule has 70 valence electrons. The van der Waals surface area contributed by atoms with Crippen molar-refractivity contribution in [2.24, 2.45) is 5.73 Å². The molecule has 1 aromatic rings. The fraction of sp³-hybridized carbons (Fsp3) is 0.400. The van der Waals surface area contributed by atoms with E-state index < -0.39 is 0 Å². The lowest BCUT2D eigenvalue weighted by Gasteiger charge is -2.23. The van der Waals surface area contributed by atoms with E-state index in [0.717, 1.165) is 24.8 Å². The Morgan fingerprint density at radius 2 is 2.08 bits per heavy atom. The van der Waals surface area contributed by atoms with Gasteiger partial charge >= 0.3 is 0 Å². The summed E-state index contributed by atoms with van der Waals surface area (Å²) in [4.78, 5) is 0. The van der Waals surface area contributed by atoms with Crippen molar-refractivity contribution in [3.8, 4) is 0 Å². The average Bonchev–Trinajstić information content (AvgIpc) is 2.12. The van der Waals surface area contributed by atoms with Crippen LogP contribution in [0.2, 0.25) is 10.0 Å².